The monoisotopic (exact) mass is 243 g/mol. The van der Waals surface area contributed by atoms with Crippen molar-refractivity contribution >= 4 is 6.09 Å². The number of rotatable bonds is 0. The molecule has 0 aromatic carbocycles. The number of nitrogens with two attached hydrogens (primary N) is 1. The highest BCUT2D eigenvalue weighted by Crippen LogP contribution is 2.23. The number of ether oxygens (including phenoxy) is 2. The Morgan fingerprint density at radius 2 is 2.00 bits per heavy atom. The van der Waals surface area contributed by atoms with E-state index in [2.05, 4.69) is 5.32 Å². The van der Waals surface area contributed by atoms with E-state index in [1.165, 1.54) is 0 Å². The number of hydrogen-bond donors (Lipinski definition) is 1. The first-order chi connectivity index (χ1) is 7.90. The molecule has 2 heterocycles. The van der Waals surface area contributed by atoms with Gasteiger partial charge in [-0.3, -0.25) is 0 Å². The van der Waals surface area contributed by atoms with E-state index in [9.17, 15) is 4.79 Å². The van der Waals surface area contributed by atoms with Crippen LogP contribution in [-0.2, 0) is 9.47 Å². The van der Waals surface area contributed by atoms with Crippen molar-refractivity contribution in [3.05, 3.63) is 0 Å². The summed E-state index contributed by atoms with van der Waals surface area (Å²) in [5.74, 6) is 0. The first-order valence-electron chi connectivity index (χ1n) is 6.37. The second-order valence-electron chi connectivity index (χ2n) is 5.87. The van der Waals surface area contributed by atoms with Gasteiger partial charge in [-0.25, -0.2) is 4.79 Å². The van der Waals surface area contributed by atoms with E-state index in [0.717, 1.165) is 39.1 Å². The highest BCUT2D eigenvalue weighted by molar-refractivity contribution is 5.68. The molecule has 0 aromatic rings. The van der Waals surface area contributed by atoms with Crippen LogP contribution in [0.5, 0.6) is 0 Å². The molecule has 0 saturated carbocycles. The second-order valence-corrected chi connectivity index (χ2v) is 5.87. The number of quaternary nitrogens is 1. The number of carbonyl (C=O) groups is 1. The van der Waals surface area contributed by atoms with E-state index in [4.69, 9.17) is 9.47 Å². The molecule has 0 aliphatic carbocycles. The molecule has 1 amide bonds. The van der Waals surface area contributed by atoms with Gasteiger partial charge < -0.3 is 19.7 Å². The van der Waals surface area contributed by atoms with Crippen LogP contribution in [0.3, 0.4) is 0 Å². The maximum atomic E-state index is 11.9. The van der Waals surface area contributed by atoms with E-state index in [-0.39, 0.29) is 11.8 Å². The quantitative estimate of drug-likeness (QED) is 0.666. The van der Waals surface area contributed by atoms with Gasteiger partial charge in [0.15, 0.2) is 0 Å². The molecule has 0 bridgehead atoms. The molecular weight excluding hydrogens is 220 g/mol. The molecule has 0 radical (unpaired) electrons. The summed E-state index contributed by atoms with van der Waals surface area (Å²) in [6.07, 6.45) is 1.59. The van der Waals surface area contributed by atoms with Gasteiger partial charge in [-0.05, 0) is 20.8 Å². The zero-order valence-corrected chi connectivity index (χ0v) is 11.0. The van der Waals surface area contributed by atoms with Crippen molar-refractivity contribution in [2.75, 3.05) is 26.2 Å². The van der Waals surface area contributed by atoms with Crippen LogP contribution < -0.4 is 5.32 Å². The fraction of sp³-hybridized carbons (Fsp3) is 0.917. The minimum absolute atomic E-state index is 0.0570. The second kappa shape index (κ2) is 4.46. The molecular formula is C12H23N2O3+. The predicted molar refractivity (Wildman–Crippen MR) is 62.5 cm³/mol. The number of hydrogen-bond acceptors (Lipinski definition) is 3. The lowest BCUT2D eigenvalue weighted by Crippen LogP contribution is -2.95. The van der Waals surface area contributed by atoms with E-state index in [1.54, 1.807) is 4.90 Å². The van der Waals surface area contributed by atoms with Crippen molar-refractivity contribution in [3.63, 3.8) is 0 Å². The Morgan fingerprint density at radius 3 is 2.47 bits per heavy atom. The van der Waals surface area contributed by atoms with E-state index < -0.39 is 5.60 Å². The zero-order chi connectivity index (χ0) is 12.5. The number of carbonyl (C=O) groups excluding carboxylic acids is 1. The predicted octanol–water partition coefficient (Wildman–Crippen LogP) is 0.307. The Morgan fingerprint density at radius 1 is 1.35 bits per heavy atom. The smallest absolute Gasteiger partial charge is 0.410 e. The van der Waals surface area contributed by atoms with Gasteiger partial charge in [0.2, 0.25) is 5.72 Å². The van der Waals surface area contributed by atoms with Gasteiger partial charge in [0.25, 0.3) is 0 Å². The summed E-state index contributed by atoms with van der Waals surface area (Å²) >= 11 is 0. The lowest BCUT2D eigenvalue weighted by atomic mass is 10.0. The van der Waals surface area contributed by atoms with Gasteiger partial charge in [-0.15, -0.1) is 0 Å². The Bertz CT molecular complexity index is 283. The summed E-state index contributed by atoms with van der Waals surface area (Å²) in [6.45, 7) is 8.99. The number of likely N-dealkylation sites (tertiary alicyclic amines) is 1. The number of nitrogens with zero attached hydrogens (tertiary/aromatic N) is 1. The number of piperidine rings is 1. The molecule has 5 heteroatoms. The minimum atomic E-state index is -0.414. The first-order valence-corrected chi connectivity index (χ1v) is 6.37. The largest absolute Gasteiger partial charge is 0.444 e. The highest BCUT2D eigenvalue weighted by atomic mass is 16.6. The van der Waals surface area contributed by atoms with Crippen LogP contribution in [0.15, 0.2) is 0 Å². The van der Waals surface area contributed by atoms with Gasteiger partial charge >= 0.3 is 6.09 Å². The van der Waals surface area contributed by atoms with Crippen molar-refractivity contribution in [2.24, 2.45) is 0 Å². The molecule has 98 valence electrons. The van der Waals surface area contributed by atoms with Crippen molar-refractivity contribution in [1.82, 2.24) is 4.90 Å². The van der Waals surface area contributed by atoms with Crippen molar-refractivity contribution in [2.45, 2.75) is 44.9 Å². The van der Waals surface area contributed by atoms with Crippen LogP contribution in [0.25, 0.3) is 0 Å². The third kappa shape index (κ3) is 3.10. The summed E-state index contributed by atoms with van der Waals surface area (Å²) in [5, 5.41) is 2.26. The normalized spacial score (nSPS) is 24.1. The summed E-state index contributed by atoms with van der Waals surface area (Å²) in [6, 6.07) is 0. The topological polar surface area (TPSA) is 55.4 Å². The van der Waals surface area contributed by atoms with Crippen LogP contribution in [0.2, 0.25) is 0 Å². The maximum absolute atomic E-state index is 11.9. The lowest BCUT2D eigenvalue weighted by molar-refractivity contribution is -0.737. The molecule has 0 atom stereocenters. The van der Waals surface area contributed by atoms with Crippen molar-refractivity contribution in [3.8, 4) is 0 Å². The Kier molecular flexibility index (Phi) is 3.32. The Balaban J connectivity index is 1.84. The molecule has 2 rings (SSSR count). The van der Waals surface area contributed by atoms with Crippen LogP contribution in [0.4, 0.5) is 4.79 Å². The summed E-state index contributed by atoms with van der Waals surface area (Å²) in [4.78, 5) is 13.7. The summed E-state index contributed by atoms with van der Waals surface area (Å²) < 4.78 is 11.1. The van der Waals surface area contributed by atoms with Crippen LogP contribution >= 0.6 is 0 Å². The average Bonchev–Trinajstić information content (AvgIpc) is 2.65. The van der Waals surface area contributed by atoms with Crippen molar-refractivity contribution in [1.29, 1.82) is 0 Å². The van der Waals surface area contributed by atoms with E-state index in [0.29, 0.717) is 0 Å². The van der Waals surface area contributed by atoms with Crippen LogP contribution in [-0.4, -0.2) is 48.6 Å². The van der Waals surface area contributed by atoms with E-state index in [1.807, 2.05) is 20.8 Å². The molecule has 2 saturated heterocycles. The van der Waals surface area contributed by atoms with Gasteiger partial charge in [-0.1, -0.05) is 0 Å². The third-order valence-corrected chi connectivity index (χ3v) is 3.29. The molecule has 1 spiro atoms. The van der Waals surface area contributed by atoms with Gasteiger partial charge in [0.05, 0.1) is 0 Å². The molecule has 0 aromatic heterocycles. The standard InChI is InChI=1S/C12H22N2O3/c1-11(2,3)17-10(15)14-7-4-12(5-8-14)13-6-9-16-12/h13H,4-9H2,1-3H3/p+1. The average molecular weight is 243 g/mol. The molecule has 2 N–H and O–H groups in total. The number of amides is 1. The fourth-order valence-corrected chi connectivity index (χ4v) is 2.39. The highest BCUT2D eigenvalue weighted by Gasteiger charge is 2.43. The Labute approximate surface area is 102 Å². The third-order valence-electron chi connectivity index (χ3n) is 3.29. The summed E-state index contributed by atoms with van der Waals surface area (Å²) in [5.41, 5.74) is -0.472. The lowest BCUT2D eigenvalue weighted by Gasteiger charge is -2.36. The molecule has 0 unspecified atom stereocenters. The van der Waals surface area contributed by atoms with Crippen molar-refractivity contribution < 1.29 is 19.6 Å². The van der Waals surface area contributed by atoms with Crippen LogP contribution in [0.1, 0.15) is 33.6 Å². The minimum Gasteiger partial charge on any atom is -0.444 e. The molecule has 2 aliphatic rings. The van der Waals surface area contributed by atoms with Gasteiger partial charge in [0, 0.05) is 25.9 Å². The van der Waals surface area contributed by atoms with E-state index >= 15 is 0 Å². The molecule has 2 fully saturated rings. The van der Waals surface area contributed by atoms with Crippen LogP contribution in [0, 0.1) is 0 Å². The molecule has 17 heavy (non-hydrogen) atoms. The summed E-state index contributed by atoms with van der Waals surface area (Å²) in [7, 11) is 0. The molecule has 5 nitrogen and oxygen atoms in total. The van der Waals surface area contributed by atoms with Gasteiger partial charge in [0.1, 0.15) is 18.8 Å². The maximum Gasteiger partial charge on any atom is 0.410 e. The van der Waals surface area contributed by atoms with Gasteiger partial charge in [-0.2, -0.15) is 0 Å². The zero-order valence-electron chi connectivity index (χ0n) is 11.0. The fourth-order valence-electron chi connectivity index (χ4n) is 2.39. The molecule has 2 aliphatic heterocycles. The first kappa shape index (κ1) is 12.6. The Hall–Kier alpha value is -0.810. The SMILES string of the molecule is CC(C)(C)OC(=O)N1CCC2(CC1)[NH2+]CCO2.